The molecule has 1 aromatic rings. The fourth-order valence-electron chi connectivity index (χ4n) is 0.746. The minimum Gasteiger partial charge on any atom is -0.515 e. The Morgan fingerprint density at radius 2 is 1.30 bits per heavy atom. The van der Waals surface area contributed by atoms with Crippen molar-refractivity contribution in [1.29, 1.82) is 0 Å². The minimum absolute atomic E-state index is 0.616. The Morgan fingerprint density at radius 1 is 0.900 bits per heavy atom. The molecule has 52 valence electrons. The molecule has 0 atom stereocenters. The quantitative estimate of drug-likeness (QED) is 0.537. The molecule has 0 aliphatic rings. The van der Waals surface area contributed by atoms with Gasteiger partial charge in [-0.2, -0.15) is 0 Å². The number of aliphatic hydroxyl groups is 2. The molecule has 0 aliphatic carbocycles. The van der Waals surface area contributed by atoms with E-state index in [2.05, 4.69) is 0 Å². The highest BCUT2D eigenvalue weighted by Gasteiger charge is 1.79. The van der Waals surface area contributed by atoms with E-state index in [9.17, 15) is 0 Å². The van der Waals surface area contributed by atoms with E-state index in [1.165, 1.54) is 0 Å². The first kappa shape index (κ1) is 6.68. The van der Waals surface area contributed by atoms with E-state index in [0.29, 0.717) is 10.4 Å². The molecule has 0 aromatic heterocycles. The molecule has 0 heterocycles. The number of aliphatic hydroxyl groups excluding tert-OH is 2. The summed E-state index contributed by atoms with van der Waals surface area (Å²) in [7, 11) is 0. The van der Waals surface area contributed by atoms with Crippen LogP contribution in [0.5, 0.6) is 0 Å². The molecule has 0 radical (unpaired) electrons. The summed E-state index contributed by atoms with van der Waals surface area (Å²) in [5, 5.41) is 18.4. The first-order chi connectivity index (χ1) is 4.88. The van der Waals surface area contributed by atoms with Gasteiger partial charge in [0.2, 0.25) is 0 Å². The second kappa shape index (κ2) is 2.92. The van der Waals surface area contributed by atoms with E-state index in [4.69, 9.17) is 10.2 Å². The molecule has 0 saturated heterocycles. The van der Waals surface area contributed by atoms with Crippen LogP contribution in [0.25, 0.3) is 12.5 Å². The first-order valence-electron chi connectivity index (χ1n) is 2.92. The number of benzene rings is 1. The summed E-state index contributed by atoms with van der Waals surface area (Å²) in [5.41, 5.74) is 0. The van der Waals surface area contributed by atoms with Crippen LogP contribution in [0.1, 0.15) is 0 Å². The summed E-state index contributed by atoms with van der Waals surface area (Å²) in [6, 6.07) is 6.99. The van der Waals surface area contributed by atoms with Gasteiger partial charge in [0.25, 0.3) is 0 Å². The zero-order valence-electron chi connectivity index (χ0n) is 5.36. The van der Waals surface area contributed by atoms with Gasteiger partial charge in [-0.15, -0.1) is 0 Å². The van der Waals surface area contributed by atoms with Crippen LogP contribution in [-0.2, 0) is 0 Å². The SMILES string of the molecule is O/C=c1/cccc/c1=C/O. The lowest BCUT2D eigenvalue weighted by Gasteiger charge is -1.84. The molecule has 0 saturated carbocycles. The monoisotopic (exact) mass is 136 g/mol. The highest BCUT2D eigenvalue weighted by Crippen LogP contribution is 1.69. The average Bonchev–Trinajstić information content (AvgIpc) is 2.04. The summed E-state index contributed by atoms with van der Waals surface area (Å²) in [6.45, 7) is 0. The van der Waals surface area contributed by atoms with Crippen molar-refractivity contribution >= 4 is 12.5 Å². The van der Waals surface area contributed by atoms with Crippen molar-refractivity contribution in [3.63, 3.8) is 0 Å². The zero-order valence-corrected chi connectivity index (χ0v) is 5.36. The Balaban J connectivity index is 3.53. The van der Waals surface area contributed by atoms with Crippen LogP contribution in [0.4, 0.5) is 0 Å². The zero-order chi connectivity index (χ0) is 7.40. The first-order valence-corrected chi connectivity index (χ1v) is 2.92. The summed E-state index contributed by atoms with van der Waals surface area (Å²) in [5.74, 6) is 0. The van der Waals surface area contributed by atoms with Crippen molar-refractivity contribution in [2.24, 2.45) is 0 Å². The Kier molecular flexibility index (Phi) is 1.95. The lowest BCUT2D eigenvalue weighted by Crippen LogP contribution is -2.23. The van der Waals surface area contributed by atoms with Crippen molar-refractivity contribution in [2.45, 2.75) is 0 Å². The van der Waals surface area contributed by atoms with Crippen molar-refractivity contribution in [1.82, 2.24) is 0 Å². The summed E-state index contributed by atoms with van der Waals surface area (Å²) in [4.78, 5) is 0. The van der Waals surface area contributed by atoms with Crippen LogP contribution in [0.15, 0.2) is 24.3 Å². The molecule has 0 unspecified atom stereocenters. The van der Waals surface area contributed by atoms with Gasteiger partial charge in [0.1, 0.15) is 0 Å². The summed E-state index contributed by atoms with van der Waals surface area (Å²) >= 11 is 0. The molecule has 2 nitrogen and oxygen atoms in total. The lowest BCUT2D eigenvalue weighted by molar-refractivity contribution is 0.533. The van der Waals surface area contributed by atoms with E-state index in [1.807, 2.05) is 0 Å². The van der Waals surface area contributed by atoms with Gasteiger partial charge < -0.3 is 10.2 Å². The van der Waals surface area contributed by atoms with Gasteiger partial charge in [0, 0.05) is 10.4 Å². The van der Waals surface area contributed by atoms with Crippen LogP contribution in [-0.4, -0.2) is 10.2 Å². The van der Waals surface area contributed by atoms with E-state index in [1.54, 1.807) is 24.3 Å². The van der Waals surface area contributed by atoms with Crippen LogP contribution < -0.4 is 10.4 Å². The Hall–Kier alpha value is -1.44. The highest BCUT2D eigenvalue weighted by molar-refractivity contribution is 5.22. The number of rotatable bonds is 0. The molecule has 2 heteroatoms. The normalized spacial score (nSPS) is 14.0. The maximum Gasteiger partial charge on any atom is 0.0871 e. The van der Waals surface area contributed by atoms with Gasteiger partial charge in [0.05, 0.1) is 12.5 Å². The molecular weight excluding hydrogens is 128 g/mol. The molecule has 2 N–H and O–H groups in total. The minimum atomic E-state index is 0.616. The standard InChI is InChI=1S/C8H8O2/c9-5-7-3-1-2-4-8(7)6-10/h1-6,9-10H/b7-5-,8-6-. The van der Waals surface area contributed by atoms with Crippen LogP contribution in [0.2, 0.25) is 0 Å². The third-order valence-corrected chi connectivity index (χ3v) is 1.27. The Labute approximate surface area is 58.4 Å². The maximum absolute atomic E-state index is 8.59. The van der Waals surface area contributed by atoms with Crippen molar-refractivity contribution in [3.8, 4) is 0 Å². The van der Waals surface area contributed by atoms with Crippen LogP contribution >= 0.6 is 0 Å². The Bertz CT molecular complexity index is 281. The van der Waals surface area contributed by atoms with Gasteiger partial charge in [-0.1, -0.05) is 24.3 Å². The second-order valence-electron chi connectivity index (χ2n) is 1.89. The molecule has 0 amide bonds. The van der Waals surface area contributed by atoms with Gasteiger partial charge >= 0.3 is 0 Å². The number of hydrogen-bond donors (Lipinski definition) is 2. The van der Waals surface area contributed by atoms with Crippen LogP contribution in [0.3, 0.4) is 0 Å². The van der Waals surface area contributed by atoms with Crippen molar-refractivity contribution in [2.75, 3.05) is 0 Å². The summed E-state index contributed by atoms with van der Waals surface area (Å²) < 4.78 is 0. The molecule has 1 aromatic carbocycles. The smallest absolute Gasteiger partial charge is 0.0871 e. The largest absolute Gasteiger partial charge is 0.515 e. The molecule has 1 rings (SSSR count). The van der Waals surface area contributed by atoms with Crippen LogP contribution in [0, 0.1) is 0 Å². The average molecular weight is 136 g/mol. The van der Waals surface area contributed by atoms with Gasteiger partial charge in [-0.25, -0.2) is 0 Å². The molecule has 10 heavy (non-hydrogen) atoms. The fraction of sp³-hybridized carbons (Fsp3) is 0. The summed E-state index contributed by atoms with van der Waals surface area (Å²) in [6.07, 6.45) is 1.92. The van der Waals surface area contributed by atoms with Crippen molar-refractivity contribution in [3.05, 3.63) is 34.7 Å². The second-order valence-corrected chi connectivity index (χ2v) is 1.89. The van der Waals surface area contributed by atoms with E-state index < -0.39 is 0 Å². The predicted octanol–water partition coefficient (Wildman–Crippen LogP) is 0.279. The van der Waals surface area contributed by atoms with Gasteiger partial charge in [-0.05, 0) is 0 Å². The number of hydrogen-bond acceptors (Lipinski definition) is 2. The molecular formula is C8H8O2. The maximum atomic E-state index is 8.59. The molecule has 0 bridgehead atoms. The van der Waals surface area contributed by atoms with E-state index in [0.717, 1.165) is 12.5 Å². The predicted molar refractivity (Wildman–Crippen MR) is 39.9 cm³/mol. The van der Waals surface area contributed by atoms with Gasteiger partial charge in [0.15, 0.2) is 0 Å². The van der Waals surface area contributed by atoms with E-state index >= 15 is 0 Å². The van der Waals surface area contributed by atoms with Crippen molar-refractivity contribution < 1.29 is 10.2 Å². The highest BCUT2D eigenvalue weighted by atomic mass is 16.2. The molecule has 0 fully saturated rings. The molecule has 0 aliphatic heterocycles. The fourth-order valence-corrected chi connectivity index (χ4v) is 0.746. The Morgan fingerprint density at radius 3 is 1.60 bits per heavy atom. The van der Waals surface area contributed by atoms with E-state index in [-0.39, 0.29) is 0 Å². The third kappa shape index (κ3) is 1.10. The third-order valence-electron chi connectivity index (χ3n) is 1.27. The topological polar surface area (TPSA) is 40.5 Å². The lowest BCUT2D eigenvalue weighted by atomic mass is 10.3. The molecule has 0 spiro atoms. The van der Waals surface area contributed by atoms with Gasteiger partial charge in [-0.3, -0.25) is 0 Å².